The van der Waals surface area contributed by atoms with Crippen molar-refractivity contribution in [2.24, 2.45) is 5.92 Å². The Morgan fingerprint density at radius 3 is 2.68 bits per heavy atom. The highest BCUT2D eigenvalue weighted by atomic mass is 16.5. The first-order valence-corrected chi connectivity index (χ1v) is 8.31. The van der Waals surface area contributed by atoms with E-state index in [0.717, 1.165) is 13.0 Å². The van der Waals surface area contributed by atoms with Gasteiger partial charge in [0, 0.05) is 23.8 Å². The molecular weight excluding hydrogens is 270 g/mol. The lowest BCUT2D eigenvalue weighted by molar-refractivity contribution is 0.0828. The molecular formula is C20H23NO. The summed E-state index contributed by atoms with van der Waals surface area (Å²) in [4.78, 5) is 0. The summed E-state index contributed by atoms with van der Waals surface area (Å²) in [6, 6.07) is 18.0. The van der Waals surface area contributed by atoms with Gasteiger partial charge in [0.05, 0.1) is 12.1 Å². The molecule has 2 aromatic carbocycles. The lowest BCUT2D eigenvalue weighted by Gasteiger charge is -2.37. The Morgan fingerprint density at radius 2 is 1.91 bits per heavy atom. The topological polar surface area (TPSA) is 21.3 Å². The molecule has 1 N–H and O–H groups in total. The van der Waals surface area contributed by atoms with Gasteiger partial charge >= 0.3 is 0 Å². The van der Waals surface area contributed by atoms with Crippen LogP contribution in [0.25, 0.3) is 0 Å². The minimum atomic E-state index is 0.236. The van der Waals surface area contributed by atoms with Crippen LogP contribution >= 0.6 is 0 Å². The fraction of sp³-hybridized carbons (Fsp3) is 0.400. The maximum atomic E-state index is 6.13. The fourth-order valence-corrected chi connectivity index (χ4v) is 3.84. The molecule has 2 nitrogen and oxygen atoms in total. The molecule has 2 aliphatic rings. The first-order valence-electron chi connectivity index (χ1n) is 8.31. The Kier molecular flexibility index (Phi) is 3.42. The van der Waals surface area contributed by atoms with Crippen LogP contribution in [0.4, 0.5) is 5.69 Å². The fourth-order valence-electron chi connectivity index (χ4n) is 3.84. The van der Waals surface area contributed by atoms with Gasteiger partial charge in [-0.3, -0.25) is 0 Å². The minimum Gasteiger partial charge on any atom is -0.378 e. The molecule has 2 aromatic rings. The van der Waals surface area contributed by atoms with Gasteiger partial charge in [-0.05, 0) is 29.5 Å². The molecule has 2 aliphatic heterocycles. The zero-order chi connectivity index (χ0) is 15.1. The Morgan fingerprint density at radius 1 is 1.09 bits per heavy atom. The van der Waals surface area contributed by atoms with Crippen molar-refractivity contribution in [2.45, 2.75) is 38.3 Å². The molecule has 0 radical (unpaired) electrons. The molecule has 22 heavy (non-hydrogen) atoms. The van der Waals surface area contributed by atoms with Crippen LogP contribution in [0.2, 0.25) is 0 Å². The van der Waals surface area contributed by atoms with Crippen LogP contribution in [-0.2, 0) is 4.74 Å². The molecule has 1 saturated heterocycles. The average molecular weight is 293 g/mol. The first-order chi connectivity index (χ1) is 10.7. The summed E-state index contributed by atoms with van der Waals surface area (Å²) in [5.74, 6) is 1.08. The second kappa shape index (κ2) is 5.44. The lowest BCUT2D eigenvalue weighted by atomic mass is 9.80. The molecule has 1 fully saturated rings. The van der Waals surface area contributed by atoms with Gasteiger partial charge in [0.2, 0.25) is 0 Å². The molecule has 0 saturated carbocycles. The second-order valence-electron chi connectivity index (χ2n) is 6.78. The molecule has 3 unspecified atom stereocenters. The van der Waals surface area contributed by atoms with Crippen molar-refractivity contribution in [1.82, 2.24) is 0 Å². The van der Waals surface area contributed by atoms with E-state index < -0.39 is 0 Å². The third kappa shape index (κ3) is 2.22. The average Bonchev–Trinajstić information content (AvgIpc) is 3.04. The van der Waals surface area contributed by atoms with Crippen LogP contribution < -0.4 is 5.32 Å². The number of fused-ring (bicyclic) bond motifs is 3. The number of rotatable bonds is 2. The molecule has 0 spiro atoms. The van der Waals surface area contributed by atoms with Crippen molar-refractivity contribution in [3.8, 4) is 0 Å². The van der Waals surface area contributed by atoms with Crippen molar-refractivity contribution in [3.05, 3.63) is 65.2 Å². The van der Waals surface area contributed by atoms with Crippen molar-refractivity contribution in [1.29, 1.82) is 0 Å². The van der Waals surface area contributed by atoms with Crippen LogP contribution in [0.5, 0.6) is 0 Å². The van der Waals surface area contributed by atoms with Crippen LogP contribution in [0.1, 0.15) is 55.0 Å². The number of benzene rings is 2. The normalized spacial score (nSPS) is 26.4. The van der Waals surface area contributed by atoms with Crippen LogP contribution in [0, 0.1) is 5.92 Å². The summed E-state index contributed by atoms with van der Waals surface area (Å²) < 4.78 is 6.13. The predicted molar refractivity (Wildman–Crippen MR) is 90.1 cm³/mol. The molecule has 0 aromatic heterocycles. The van der Waals surface area contributed by atoms with Crippen LogP contribution in [0.15, 0.2) is 48.5 Å². The summed E-state index contributed by atoms with van der Waals surface area (Å²) in [6.45, 7) is 5.36. The molecule has 4 rings (SSSR count). The third-order valence-electron chi connectivity index (χ3n) is 5.08. The van der Waals surface area contributed by atoms with E-state index in [1.165, 1.54) is 22.4 Å². The van der Waals surface area contributed by atoms with E-state index in [0.29, 0.717) is 17.9 Å². The largest absolute Gasteiger partial charge is 0.378 e. The second-order valence-corrected chi connectivity index (χ2v) is 6.78. The summed E-state index contributed by atoms with van der Waals surface area (Å²) >= 11 is 0. The smallest absolute Gasteiger partial charge is 0.0896 e. The Bertz CT molecular complexity index is 665. The summed E-state index contributed by atoms with van der Waals surface area (Å²) in [7, 11) is 0. The van der Waals surface area contributed by atoms with Crippen LogP contribution in [0.3, 0.4) is 0 Å². The van der Waals surface area contributed by atoms with Crippen molar-refractivity contribution >= 4 is 5.69 Å². The maximum Gasteiger partial charge on any atom is 0.0896 e. The number of anilines is 1. The molecule has 2 heteroatoms. The SMILES string of the molecule is CC(C)c1ccc2c(c1)C1OCCC1C(c1ccccc1)N2. The summed E-state index contributed by atoms with van der Waals surface area (Å²) in [5, 5.41) is 3.77. The van der Waals surface area contributed by atoms with Gasteiger partial charge in [-0.1, -0.05) is 56.3 Å². The van der Waals surface area contributed by atoms with E-state index >= 15 is 0 Å². The van der Waals surface area contributed by atoms with Crippen molar-refractivity contribution in [3.63, 3.8) is 0 Å². The molecule has 2 heterocycles. The maximum absolute atomic E-state index is 6.13. The van der Waals surface area contributed by atoms with Crippen molar-refractivity contribution in [2.75, 3.05) is 11.9 Å². The minimum absolute atomic E-state index is 0.236. The number of hydrogen-bond acceptors (Lipinski definition) is 2. The van der Waals surface area contributed by atoms with E-state index in [2.05, 4.69) is 67.7 Å². The van der Waals surface area contributed by atoms with Crippen LogP contribution in [-0.4, -0.2) is 6.61 Å². The summed E-state index contributed by atoms with van der Waals surface area (Å²) in [6.07, 6.45) is 1.36. The van der Waals surface area contributed by atoms with E-state index in [1.807, 2.05) is 0 Å². The van der Waals surface area contributed by atoms with Gasteiger partial charge in [-0.25, -0.2) is 0 Å². The standard InChI is InChI=1S/C20H23NO/c1-13(2)15-8-9-18-17(12-15)20-16(10-11-22-20)19(21-18)14-6-4-3-5-7-14/h3-9,12-13,16,19-21H,10-11H2,1-2H3. The molecule has 0 bridgehead atoms. The highest BCUT2D eigenvalue weighted by Crippen LogP contribution is 2.50. The highest BCUT2D eigenvalue weighted by Gasteiger charge is 2.41. The number of hydrogen-bond donors (Lipinski definition) is 1. The van der Waals surface area contributed by atoms with E-state index in [9.17, 15) is 0 Å². The van der Waals surface area contributed by atoms with Crippen molar-refractivity contribution < 1.29 is 4.74 Å². The lowest BCUT2D eigenvalue weighted by Crippen LogP contribution is -2.29. The quantitative estimate of drug-likeness (QED) is 0.836. The van der Waals surface area contributed by atoms with Gasteiger partial charge in [0.25, 0.3) is 0 Å². The molecule has 0 amide bonds. The monoisotopic (exact) mass is 293 g/mol. The molecule has 114 valence electrons. The summed E-state index contributed by atoms with van der Waals surface area (Å²) in [5.41, 5.74) is 5.34. The predicted octanol–water partition coefficient (Wildman–Crippen LogP) is 5.05. The number of nitrogens with one attached hydrogen (secondary N) is 1. The Balaban J connectivity index is 1.76. The molecule has 0 aliphatic carbocycles. The molecule has 3 atom stereocenters. The van der Waals surface area contributed by atoms with Gasteiger partial charge in [-0.15, -0.1) is 0 Å². The zero-order valence-corrected chi connectivity index (χ0v) is 13.3. The third-order valence-corrected chi connectivity index (χ3v) is 5.08. The van der Waals surface area contributed by atoms with Gasteiger partial charge in [0.15, 0.2) is 0 Å². The Labute approximate surface area is 132 Å². The van der Waals surface area contributed by atoms with E-state index in [-0.39, 0.29) is 6.10 Å². The van der Waals surface area contributed by atoms with Gasteiger partial charge < -0.3 is 10.1 Å². The highest BCUT2D eigenvalue weighted by molar-refractivity contribution is 5.58. The Hall–Kier alpha value is -1.80. The van der Waals surface area contributed by atoms with E-state index in [4.69, 9.17) is 4.74 Å². The van der Waals surface area contributed by atoms with Gasteiger partial charge in [0.1, 0.15) is 0 Å². The van der Waals surface area contributed by atoms with Gasteiger partial charge in [-0.2, -0.15) is 0 Å². The number of ether oxygens (including phenoxy) is 1. The first kappa shape index (κ1) is 13.8. The van der Waals surface area contributed by atoms with E-state index in [1.54, 1.807) is 0 Å². The zero-order valence-electron chi connectivity index (χ0n) is 13.3.